The number of halogens is 3. The van der Waals surface area contributed by atoms with E-state index in [9.17, 15) is 27.6 Å². The minimum Gasteiger partial charge on any atom is -0.468 e. The first-order chi connectivity index (χ1) is 10.9. The van der Waals surface area contributed by atoms with Crippen molar-refractivity contribution in [2.75, 3.05) is 7.11 Å². The van der Waals surface area contributed by atoms with Gasteiger partial charge in [-0.2, -0.15) is 13.2 Å². The molecule has 1 aromatic rings. The highest BCUT2D eigenvalue weighted by molar-refractivity contribution is 6.11. The molecule has 1 unspecified atom stereocenters. The summed E-state index contributed by atoms with van der Waals surface area (Å²) in [5, 5.41) is 0. The molecule has 0 aliphatic rings. The van der Waals surface area contributed by atoms with E-state index in [1.807, 2.05) is 0 Å². The van der Waals surface area contributed by atoms with E-state index in [1.165, 1.54) is 6.07 Å². The summed E-state index contributed by atoms with van der Waals surface area (Å²) in [5.41, 5.74) is -2.63. The summed E-state index contributed by atoms with van der Waals surface area (Å²) in [7, 11) is 1.01. The van der Waals surface area contributed by atoms with Gasteiger partial charge in [-0.15, -0.1) is 0 Å². The summed E-state index contributed by atoms with van der Waals surface area (Å²) >= 11 is 0. The number of hydrogen-bond acceptors (Lipinski definition) is 4. The summed E-state index contributed by atoms with van der Waals surface area (Å²) < 4.78 is 43.7. The average molecular weight is 344 g/mol. The van der Waals surface area contributed by atoms with E-state index in [0.29, 0.717) is 0 Å². The molecule has 0 bridgehead atoms. The zero-order valence-electron chi connectivity index (χ0n) is 13.9. The number of Topliss-reactive ketones (excluding diaryl/α,β-unsaturated/α-hetero) is 2. The number of carbonyl (C=O) groups is 3. The second-order valence-electron chi connectivity index (χ2n) is 6.36. The minimum atomic E-state index is -4.75. The van der Waals surface area contributed by atoms with Gasteiger partial charge in [0, 0.05) is 17.4 Å². The molecule has 0 heterocycles. The summed E-state index contributed by atoms with van der Waals surface area (Å²) in [6, 6.07) is 4.16. The van der Waals surface area contributed by atoms with E-state index in [4.69, 9.17) is 0 Å². The Balaban J connectivity index is 3.29. The number of methoxy groups -OCH3 is 1. The highest BCUT2D eigenvalue weighted by Gasteiger charge is 2.40. The van der Waals surface area contributed by atoms with Crippen molar-refractivity contribution >= 4 is 17.5 Å². The number of esters is 1. The Bertz CT molecular complexity index is 642. The van der Waals surface area contributed by atoms with Gasteiger partial charge in [0.15, 0.2) is 5.78 Å². The summed E-state index contributed by atoms with van der Waals surface area (Å²) in [5.74, 6) is -4.14. The fourth-order valence-corrected chi connectivity index (χ4v) is 2.05. The van der Waals surface area contributed by atoms with Crippen molar-refractivity contribution < 1.29 is 32.3 Å². The third-order valence-corrected chi connectivity index (χ3v) is 3.53. The van der Waals surface area contributed by atoms with E-state index in [0.717, 1.165) is 25.3 Å². The van der Waals surface area contributed by atoms with Gasteiger partial charge in [-0.3, -0.25) is 14.4 Å². The van der Waals surface area contributed by atoms with Crippen molar-refractivity contribution in [3.63, 3.8) is 0 Å². The van der Waals surface area contributed by atoms with Crippen LogP contribution in [-0.4, -0.2) is 24.6 Å². The van der Waals surface area contributed by atoms with Crippen LogP contribution in [0.25, 0.3) is 0 Å². The topological polar surface area (TPSA) is 60.4 Å². The van der Waals surface area contributed by atoms with Crippen molar-refractivity contribution in [3.05, 3.63) is 35.4 Å². The van der Waals surface area contributed by atoms with Crippen LogP contribution >= 0.6 is 0 Å². The van der Waals surface area contributed by atoms with E-state index in [-0.39, 0.29) is 0 Å². The Labute approximate surface area is 138 Å². The first kappa shape index (κ1) is 19.9. The second kappa shape index (κ2) is 7.15. The molecule has 0 aliphatic heterocycles. The Hall–Kier alpha value is -2.18. The summed E-state index contributed by atoms with van der Waals surface area (Å²) in [6.07, 6.45) is -5.26. The Kier molecular flexibility index (Phi) is 5.92. The fraction of sp³-hybridized carbons (Fsp3) is 0.471. The maximum atomic E-state index is 13.1. The molecular formula is C17H19F3O4. The molecule has 0 N–H and O–H groups in total. The second-order valence-corrected chi connectivity index (χ2v) is 6.36. The lowest BCUT2D eigenvalue weighted by atomic mass is 9.82. The van der Waals surface area contributed by atoms with Gasteiger partial charge in [-0.25, -0.2) is 0 Å². The van der Waals surface area contributed by atoms with Crippen molar-refractivity contribution in [1.82, 2.24) is 0 Å². The molecule has 0 spiro atoms. The van der Waals surface area contributed by atoms with E-state index in [2.05, 4.69) is 4.74 Å². The molecule has 7 heteroatoms. The highest BCUT2D eigenvalue weighted by Crippen LogP contribution is 2.33. The standard InChI is InChI=1S/C17H19F3O4/c1-16(2,3)13(21)9-11(15(23)24-4)14(22)10-7-5-6-8-12(10)17(18,19)20/h5-8,11H,9H2,1-4H3. The number of alkyl halides is 3. The lowest BCUT2D eigenvalue weighted by molar-refractivity contribution is -0.146. The molecular weight excluding hydrogens is 325 g/mol. The van der Waals surface area contributed by atoms with Crippen molar-refractivity contribution in [1.29, 1.82) is 0 Å². The summed E-state index contributed by atoms with van der Waals surface area (Å²) in [4.78, 5) is 36.5. The van der Waals surface area contributed by atoms with Gasteiger partial charge in [-0.1, -0.05) is 39.0 Å². The third-order valence-electron chi connectivity index (χ3n) is 3.53. The van der Waals surface area contributed by atoms with Crippen LogP contribution in [0.5, 0.6) is 0 Å². The zero-order chi connectivity index (χ0) is 18.7. The van der Waals surface area contributed by atoms with Crippen LogP contribution in [0.15, 0.2) is 24.3 Å². The van der Waals surface area contributed by atoms with Crippen LogP contribution in [0.3, 0.4) is 0 Å². The monoisotopic (exact) mass is 344 g/mol. The smallest absolute Gasteiger partial charge is 0.417 e. The van der Waals surface area contributed by atoms with Crippen LogP contribution in [0, 0.1) is 11.3 Å². The molecule has 1 atom stereocenters. The van der Waals surface area contributed by atoms with E-state index < -0.39 is 52.6 Å². The largest absolute Gasteiger partial charge is 0.468 e. The molecule has 0 saturated carbocycles. The molecule has 132 valence electrons. The van der Waals surface area contributed by atoms with Gasteiger partial charge in [0.1, 0.15) is 11.7 Å². The Morgan fingerprint density at radius 2 is 1.62 bits per heavy atom. The van der Waals surface area contributed by atoms with Gasteiger partial charge in [0.2, 0.25) is 0 Å². The van der Waals surface area contributed by atoms with Crippen molar-refractivity contribution in [3.8, 4) is 0 Å². The molecule has 0 radical (unpaired) electrons. The number of ketones is 2. The van der Waals surface area contributed by atoms with Gasteiger partial charge in [0.25, 0.3) is 0 Å². The van der Waals surface area contributed by atoms with Crippen LogP contribution in [0.4, 0.5) is 13.2 Å². The predicted octanol–water partition coefficient (Wildman–Crippen LogP) is 3.68. The molecule has 0 amide bonds. The number of hydrogen-bond donors (Lipinski definition) is 0. The molecule has 24 heavy (non-hydrogen) atoms. The van der Waals surface area contributed by atoms with Crippen LogP contribution in [0.1, 0.15) is 43.1 Å². The van der Waals surface area contributed by atoms with Crippen LogP contribution in [-0.2, 0) is 20.5 Å². The van der Waals surface area contributed by atoms with Crippen LogP contribution in [0.2, 0.25) is 0 Å². The molecule has 4 nitrogen and oxygen atoms in total. The fourth-order valence-electron chi connectivity index (χ4n) is 2.05. The van der Waals surface area contributed by atoms with E-state index >= 15 is 0 Å². The number of ether oxygens (including phenoxy) is 1. The predicted molar refractivity (Wildman–Crippen MR) is 80.4 cm³/mol. The summed E-state index contributed by atoms with van der Waals surface area (Å²) in [6.45, 7) is 4.79. The minimum absolute atomic E-state index is 0.421. The van der Waals surface area contributed by atoms with E-state index in [1.54, 1.807) is 20.8 Å². The molecule has 0 aromatic heterocycles. The normalized spacial score (nSPS) is 13.3. The zero-order valence-corrected chi connectivity index (χ0v) is 13.9. The maximum Gasteiger partial charge on any atom is 0.417 e. The van der Waals surface area contributed by atoms with Gasteiger partial charge in [-0.05, 0) is 6.07 Å². The number of benzene rings is 1. The lowest BCUT2D eigenvalue weighted by Gasteiger charge is -2.21. The molecule has 0 saturated heterocycles. The molecule has 0 aliphatic carbocycles. The maximum absolute atomic E-state index is 13.1. The van der Waals surface area contributed by atoms with Gasteiger partial charge >= 0.3 is 12.1 Å². The molecule has 0 fully saturated rings. The first-order valence-corrected chi connectivity index (χ1v) is 7.21. The third kappa shape index (κ3) is 4.66. The average Bonchev–Trinajstić information content (AvgIpc) is 2.49. The highest BCUT2D eigenvalue weighted by atomic mass is 19.4. The number of rotatable bonds is 5. The number of carbonyl (C=O) groups excluding carboxylic acids is 3. The Morgan fingerprint density at radius 3 is 2.08 bits per heavy atom. The quantitative estimate of drug-likeness (QED) is 0.464. The molecule has 1 rings (SSSR count). The first-order valence-electron chi connectivity index (χ1n) is 7.21. The van der Waals surface area contributed by atoms with Gasteiger partial charge in [0.05, 0.1) is 12.7 Å². The Morgan fingerprint density at radius 1 is 1.08 bits per heavy atom. The van der Waals surface area contributed by atoms with Crippen LogP contribution < -0.4 is 0 Å². The lowest BCUT2D eigenvalue weighted by Crippen LogP contribution is -2.33. The van der Waals surface area contributed by atoms with Gasteiger partial charge < -0.3 is 4.74 Å². The van der Waals surface area contributed by atoms with Crippen molar-refractivity contribution in [2.45, 2.75) is 33.4 Å². The van der Waals surface area contributed by atoms with Crippen molar-refractivity contribution in [2.24, 2.45) is 11.3 Å². The SMILES string of the molecule is COC(=O)C(CC(=O)C(C)(C)C)C(=O)c1ccccc1C(F)(F)F. The molecule has 1 aromatic carbocycles.